The van der Waals surface area contributed by atoms with E-state index in [4.69, 9.17) is 0 Å². The Morgan fingerprint density at radius 2 is 2.26 bits per heavy atom. The maximum Gasteiger partial charge on any atom is 0.234 e. The Morgan fingerprint density at radius 1 is 1.58 bits per heavy atom. The van der Waals surface area contributed by atoms with Crippen LogP contribution in [0.2, 0.25) is 0 Å². The summed E-state index contributed by atoms with van der Waals surface area (Å²) in [6, 6.07) is 0.427. The van der Waals surface area contributed by atoms with Crippen LogP contribution in [0.5, 0.6) is 0 Å². The molecule has 0 spiro atoms. The maximum atomic E-state index is 11.7. The van der Waals surface area contributed by atoms with Crippen LogP contribution in [0.15, 0.2) is 4.47 Å². The van der Waals surface area contributed by atoms with E-state index in [-0.39, 0.29) is 5.91 Å². The Morgan fingerprint density at radius 3 is 2.79 bits per heavy atom. The maximum absolute atomic E-state index is 11.7. The highest BCUT2D eigenvalue weighted by atomic mass is 79.9. The highest BCUT2D eigenvalue weighted by molar-refractivity contribution is 9.10. The first-order valence-corrected chi connectivity index (χ1v) is 7.48. The van der Waals surface area contributed by atoms with Crippen LogP contribution in [0.25, 0.3) is 0 Å². The average Bonchev–Trinajstić information content (AvgIpc) is 3.10. The van der Waals surface area contributed by atoms with Gasteiger partial charge in [0.1, 0.15) is 0 Å². The summed E-state index contributed by atoms with van der Waals surface area (Å²) in [5.74, 6) is 0.110. The minimum atomic E-state index is 0.110. The molecule has 0 saturated heterocycles. The van der Waals surface area contributed by atoms with Gasteiger partial charge in [-0.1, -0.05) is 6.92 Å². The van der Waals surface area contributed by atoms with Gasteiger partial charge in [0.05, 0.1) is 22.4 Å². The third kappa shape index (κ3) is 3.79. The van der Waals surface area contributed by atoms with Gasteiger partial charge >= 0.3 is 0 Å². The second-order valence-corrected chi connectivity index (χ2v) is 5.99. The van der Waals surface area contributed by atoms with Gasteiger partial charge in [-0.25, -0.2) is 0 Å². The average molecular weight is 329 g/mol. The number of nitrogens with one attached hydrogen (secondary N) is 1. The van der Waals surface area contributed by atoms with Gasteiger partial charge in [0, 0.05) is 19.6 Å². The molecule has 0 aliphatic heterocycles. The fraction of sp³-hybridized carbons (Fsp3) is 0.692. The van der Waals surface area contributed by atoms with Crippen LogP contribution in [0.1, 0.15) is 31.2 Å². The third-order valence-corrected chi connectivity index (χ3v) is 4.19. The van der Waals surface area contributed by atoms with Crippen molar-refractivity contribution in [2.45, 2.75) is 38.8 Å². The van der Waals surface area contributed by atoms with Crippen molar-refractivity contribution >= 4 is 21.8 Å². The molecule has 1 N–H and O–H groups in total. The monoisotopic (exact) mass is 328 g/mol. The van der Waals surface area contributed by atoms with E-state index in [1.54, 1.807) is 0 Å². The predicted molar refractivity (Wildman–Crippen MR) is 77.8 cm³/mol. The summed E-state index contributed by atoms with van der Waals surface area (Å²) in [4.78, 5) is 13.8. The second kappa shape index (κ2) is 6.05. The van der Waals surface area contributed by atoms with Crippen LogP contribution in [0.4, 0.5) is 0 Å². The molecule has 2 rings (SSSR count). The first-order chi connectivity index (χ1) is 9.01. The summed E-state index contributed by atoms with van der Waals surface area (Å²) >= 11 is 3.60. The fourth-order valence-electron chi connectivity index (χ4n) is 2.05. The molecule has 1 aromatic heterocycles. The van der Waals surface area contributed by atoms with E-state index in [1.165, 1.54) is 0 Å². The van der Waals surface area contributed by atoms with E-state index < -0.39 is 0 Å². The highest BCUT2D eigenvalue weighted by Crippen LogP contribution is 2.22. The number of hydrogen-bond donors (Lipinski definition) is 1. The Kier molecular flexibility index (Phi) is 4.62. The SMILES string of the molecule is CCc1nn(C)c(CN(C)CC(=O)NC2CC2)c1Br. The molecule has 1 amide bonds. The van der Waals surface area contributed by atoms with Crippen LogP contribution < -0.4 is 5.32 Å². The zero-order valence-corrected chi connectivity index (χ0v) is 13.3. The van der Waals surface area contributed by atoms with Gasteiger partial charge in [-0.3, -0.25) is 14.4 Å². The lowest BCUT2D eigenvalue weighted by atomic mass is 10.3. The molecule has 1 heterocycles. The topological polar surface area (TPSA) is 50.2 Å². The Bertz CT molecular complexity index is 467. The van der Waals surface area contributed by atoms with Crippen molar-refractivity contribution in [1.29, 1.82) is 0 Å². The lowest BCUT2D eigenvalue weighted by Gasteiger charge is -2.16. The van der Waals surface area contributed by atoms with Gasteiger partial charge in [0.25, 0.3) is 0 Å². The molecule has 1 aromatic rings. The highest BCUT2D eigenvalue weighted by Gasteiger charge is 2.24. The van der Waals surface area contributed by atoms with Crippen molar-refractivity contribution in [1.82, 2.24) is 20.0 Å². The molecule has 106 valence electrons. The Hall–Kier alpha value is -0.880. The number of rotatable bonds is 6. The lowest BCUT2D eigenvalue weighted by Crippen LogP contribution is -2.36. The number of likely N-dealkylation sites (N-methyl/N-ethyl adjacent to an activating group) is 1. The molecular weight excluding hydrogens is 308 g/mol. The summed E-state index contributed by atoms with van der Waals surface area (Å²) in [5, 5.41) is 7.46. The molecule has 19 heavy (non-hydrogen) atoms. The number of amides is 1. The Labute approximate surface area is 122 Å². The molecule has 0 radical (unpaired) electrons. The van der Waals surface area contributed by atoms with Crippen LogP contribution in [0, 0.1) is 0 Å². The van der Waals surface area contributed by atoms with Crippen LogP contribution in [-0.4, -0.2) is 40.2 Å². The molecule has 0 unspecified atom stereocenters. The smallest absolute Gasteiger partial charge is 0.234 e. The van der Waals surface area contributed by atoms with Crippen molar-refractivity contribution in [2.75, 3.05) is 13.6 Å². The largest absolute Gasteiger partial charge is 0.352 e. The summed E-state index contributed by atoms with van der Waals surface area (Å²) < 4.78 is 2.95. The first kappa shape index (κ1) is 14.5. The normalized spacial score (nSPS) is 15.0. The minimum Gasteiger partial charge on any atom is -0.352 e. The molecule has 1 fully saturated rings. The number of carbonyl (C=O) groups is 1. The van der Waals surface area contributed by atoms with Gasteiger partial charge in [-0.15, -0.1) is 0 Å². The van der Waals surface area contributed by atoms with Crippen molar-refractivity contribution in [2.24, 2.45) is 7.05 Å². The summed E-state index contributed by atoms with van der Waals surface area (Å²) in [6.07, 6.45) is 3.16. The van der Waals surface area contributed by atoms with E-state index in [0.717, 1.165) is 35.1 Å². The predicted octanol–water partition coefficient (Wildman–Crippen LogP) is 1.46. The second-order valence-electron chi connectivity index (χ2n) is 5.20. The standard InChI is InChI=1S/C13H21BrN4O/c1-4-10-13(14)11(18(3)16-10)7-17(2)8-12(19)15-9-5-6-9/h9H,4-8H2,1-3H3,(H,15,19). The zero-order valence-electron chi connectivity index (χ0n) is 11.7. The molecule has 0 bridgehead atoms. The van der Waals surface area contributed by atoms with Crippen LogP contribution in [0.3, 0.4) is 0 Å². The Balaban J connectivity index is 1.92. The first-order valence-electron chi connectivity index (χ1n) is 6.69. The molecule has 1 aliphatic rings. The third-order valence-electron chi connectivity index (χ3n) is 3.28. The van der Waals surface area contributed by atoms with Gasteiger partial charge < -0.3 is 5.32 Å². The minimum absolute atomic E-state index is 0.110. The lowest BCUT2D eigenvalue weighted by molar-refractivity contribution is -0.122. The fourth-order valence-corrected chi connectivity index (χ4v) is 2.79. The van der Waals surface area contributed by atoms with Crippen molar-refractivity contribution < 1.29 is 4.79 Å². The van der Waals surface area contributed by atoms with Crippen molar-refractivity contribution in [3.8, 4) is 0 Å². The number of halogens is 1. The molecule has 0 aromatic carbocycles. The molecule has 5 nitrogen and oxygen atoms in total. The van der Waals surface area contributed by atoms with Crippen LogP contribution in [-0.2, 0) is 24.8 Å². The summed E-state index contributed by atoms with van der Waals surface area (Å²) in [7, 11) is 3.90. The number of nitrogens with zero attached hydrogens (tertiary/aromatic N) is 3. The van der Waals surface area contributed by atoms with Gasteiger partial charge in [-0.05, 0) is 42.2 Å². The summed E-state index contributed by atoms with van der Waals surface area (Å²) in [5.41, 5.74) is 2.17. The quantitative estimate of drug-likeness (QED) is 0.860. The molecule has 0 atom stereocenters. The van der Waals surface area contributed by atoms with E-state index in [9.17, 15) is 4.79 Å². The van der Waals surface area contributed by atoms with E-state index in [2.05, 4.69) is 33.3 Å². The number of hydrogen-bond acceptors (Lipinski definition) is 3. The van der Waals surface area contributed by atoms with Crippen molar-refractivity contribution in [3.05, 3.63) is 15.9 Å². The van der Waals surface area contributed by atoms with Crippen LogP contribution >= 0.6 is 15.9 Å². The summed E-state index contributed by atoms with van der Waals surface area (Å²) in [6.45, 7) is 3.22. The zero-order chi connectivity index (χ0) is 14.0. The van der Waals surface area contributed by atoms with Gasteiger partial charge in [-0.2, -0.15) is 5.10 Å². The molecule has 1 aliphatic carbocycles. The van der Waals surface area contributed by atoms with Crippen molar-refractivity contribution in [3.63, 3.8) is 0 Å². The number of aromatic nitrogens is 2. The molecular formula is C13H21BrN4O. The van der Waals surface area contributed by atoms with E-state index >= 15 is 0 Å². The van der Waals surface area contributed by atoms with Gasteiger partial charge in [0.2, 0.25) is 5.91 Å². The molecule has 1 saturated carbocycles. The van der Waals surface area contributed by atoms with Gasteiger partial charge in [0.15, 0.2) is 0 Å². The number of carbonyl (C=O) groups excluding carboxylic acids is 1. The van der Waals surface area contributed by atoms with E-state index in [0.29, 0.717) is 19.1 Å². The molecule has 6 heteroatoms. The van der Waals surface area contributed by atoms with E-state index in [1.807, 2.05) is 23.7 Å². The number of aryl methyl sites for hydroxylation is 2.